The Kier molecular flexibility index (Phi) is 4.00. The summed E-state index contributed by atoms with van der Waals surface area (Å²) in [5, 5.41) is 13.1. The normalized spacial score (nSPS) is 11.2. The van der Waals surface area contributed by atoms with Crippen molar-refractivity contribution in [3.05, 3.63) is 59.7 Å². The molecule has 0 aromatic heterocycles. The van der Waals surface area contributed by atoms with E-state index in [0.717, 1.165) is 17.0 Å². The Hall–Kier alpha value is -2.82. The zero-order valence-electron chi connectivity index (χ0n) is 11.0. The smallest absolute Gasteiger partial charge is 0.335 e. The topological polar surface area (TPSA) is 87.7 Å². The number of nitrogens with one attached hydrogen (secondary N) is 1. The SMILES string of the molecule is C/C(=N/Nc1ccc(C(=O)O)cc1)c1cccc(N)c1. The summed E-state index contributed by atoms with van der Waals surface area (Å²) in [7, 11) is 0. The van der Waals surface area contributed by atoms with Gasteiger partial charge >= 0.3 is 5.97 Å². The quantitative estimate of drug-likeness (QED) is 0.452. The molecule has 0 unspecified atom stereocenters. The highest BCUT2D eigenvalue weighted by atomic mass is 16.4. The Balaban J connectivity index is 2.10. The number of nitrogen functional groups attached to an aromatic ring is 1. The number of hydrogen-bond donors (Lipinski definition) is 3. The fourth-order valence-electron chi connectivity index (χ4n) is 1.66. The van der Waals surface area contributed by atoms with E-state index in [4.69, 9.17) is 10.8 Å². The molecule has 20 heavy (non-hydrogen) atoms. The van der Waals surface area contributed by atoms with E-state index in [9.17, 15) is 4.79 Å². The zero-order chi connectivity index (χ0) is 14.5. The van der Waals surface area contributed by atoms with Gasteiger partial charge in [0, 0.05) is 5.69 Å². The van der Waals surface area contributed by atoms with Crippen molar-refractivity contribution >= 4 is 23.1 Å². The number of carboxylic acid groups (broad SMARTS) is 1. The van der Waals surface area contributed by atoms with Crippen LogP contribution in [0, 0.1) is 0 Å². The molecule has 0 heterocycles. The van der Waals surface area contributed by atoms with Gasteiger partial charge in [-0.1, -0.05) is 12.1 Å². The minimum absolute atomic E-state index is 0.243. The number of benzene rings is 2. The number of hydrogen-bond acceptors (Lipinski definition) is 4. The number of anilines is 2. The predicted molar refractivity (Wildman–Crippen MR) is 80.1 cm³/mol. The summed E-state index contributed by atoms with van der Waals surface area (Å²) in [5.74, 6) is -0.948. The number of nitrogens with two attached hydrogens (primary N) is 1. The molecule has 0 radical (unpaired) electrons. The van der Waals surface area contributed by atoms with E-state index >= 15 is 0 Å². The highest BCUT2D eigenvalue weighted by molar-refractivity contribution is 5.99. The molecule has 5 heteroatoms. The third kappa shape index (κ3) is 3.35. The Morgan fingerprint density at radius 3 is 2.45 bits per heavy atom. The van der Waals surface area contributed by atoms with Crippen LogP contribution < -0.4 is 11.2 Å². The van der Waals surface area contributed by atoms with E-state index in [-0.39, 0.29) is 5.56 Å². The molecule has 0 fully saturated rings. The number of nitrogens with zero attached hydrogens (tertiary/aromatic N) is 1. The zero-order valence-corrected chi connectivity index (χ0v) is 11.0. The van der Waals surface area contributed by atoms with Crippen molar-refractivity contribution in [2.75, 3.05) is 11.2 Å². The van der Waals surface area contributed by atoms with Crippen molar-refractivity contribution in [3.8, 4) is 0 Å². The van der Waals surface area contributed by atoms with Crippen molar-refractivity contribution in [3.63, 3.8) is 0 Å². The maximum absolute atomic E-state index is 10.7. The van der Waals surface area contributed by atoms with Crippen molar-refractivity contribution in [2.24, 2.45) is 5.10 Å². The molecule has 2 aromatic carbocycles. The third-order valence-electron chi connectivity index (χ3n) is 2.79. The van der Waals surface area contributed by atoms with Crippen LogP contribution in [0.15, 0.2) is 53.6 Å². The molecule has 2 aromatic rings. The third-order valence-corrected chi connectivity index (χ3v) is 2.79. The van der Waals surface area contributed by atoms with Crippen LogP contribution in [0.1, 0.15) is 22.8 Å². The van der Waals surface area contributed by atoms with Gasteiger partial charge in [-0.3, -0.25) is 5.43 Å². The van der Waals surface area contributed by atoms with E-state index in [1.807, 2.05) is 31.2 Å². The van der Waals surface area contributed by atoms with Gasteiger partial charge in [-0.15, -0.1) is 0 Å². The minimum atomic E-state index is -0.948. The summed E-state index contributed by atoms with van der Waals surface area (Å²) in [6.45, 7) is 1.87. The second-order valence-corrected chi connectivity index (χ2v) is 4.32. The molecular formula is C15H15N3O2. The van der Waals surface area contributed by atoms with Gasteiger partial charge in [0.1, 0.15) is 0 Å². The molecule has 0 aliphatic rings. The molecule has 0 saturated heterocycles. The fourth-order valence-corrected chi connectivity index (χ4v) is 1.66. The molecule has 0 aliphatic carbocycles. The van der Waals surface area contributed by atoms with Gasteiger partial charge < -0.3 is 10.8 Å². The molecular weight excluding hydrogens is 254 g/mol. The lowest BCUT2D eigenvalue weighted by molar-refractivity contribution is 0.0697. The first kappa shape index (κ1) is 13.6. The van der Waals surface area contributed by atoms with Gasteiger partial charge in [0.2, 0.25) is 0 Å². The predicted octanol–water partition coefficient (Wildman–Crippen LogP) is 2.80. The highest BCUT2D eigenvalue weighted by Crippen LogP contribution is 2.11. The monoisotopic (exact) mass is 269 g/mol. The van der Waals surface area contributed by atoms with Gasteiger partial charge in [-0.05, 0) is 48.9 Å². The molecule has 0 aliphatic heterocycles. The summed E-state index contributed by atoms with van der Waals surface area (Å²) >= 11 is 0. The number of aromatic carboxylic acids is 1. The lowest BCUT2D eigenvalue weighted by atomic mass is 10.1. The van der Waals surface area contributed by atoms with Crippen molar-refractivity contribution < 1.29 is 9.90 Å². The Labute approximate surface area is 116 Å². The van der Waals surface area contributed by atoms with Gasteiger partial charge in [0.05, 0.1) is 17.0 Å². The van der Waals surface area contributed by atoms with Crippen LogP contribution in [0.25, 0.3) is 0 Å². The Morgan fingerprint density at radius 2 is 1.85 bits per heavy atom. The highest BCUT2D eigenvalue weighted by Gasteiger charge is 2.01. The maximum Gasteiger partial charge on any atom is 0.335 e. The Bertz CT molecular complexity index is 648. The largest absolute Gasteiger partial charge is 0.478 e. The maximum atomic E-state index is 10.7. The number of hydrazone groups is 1. The molecule has 0 spiro atoms. The average molecular weight is 269 g/mol. The first-order valence-electron chi connectivity index (χ1n) is 6.06. The second-order valence-electron chi connectivity index (χ2n) is 4.32. The number of carbonyl (C=O) groups is 1. The molecule has 5 nitrogen and oxygen atoms in total. The molecule has 0 bridgehead atoms. The van der Waals surface area contributed by atoms with E-state index in [2.05, 4.69) is 10.5 Å². The molecule has 102 valence electrons. The first-order valence-corrected chi connectivity index (χ1v) is 6.06. The molecule has 0 atom stereocenters. The van der Waals surface area contributed by atoms with Crippen LogP contribution in [0.3, 0.4) is 0 Å². The Morgan fingerprint density at radius 1 is 1.15 bits per heavy atom. The van der Waals surface area contributed by atoms with E-state index < -0.39 is 5.97 Å². The van der Waals surface area contributed by atoms with Crippen molar-refractivity contribution in [2.45, 2.75) is 6.92 Å². The van der Waals surface area contributed by atoms with Crippen LogP contribution >= 0.6 is 0 Å². The van der Waals surface area contributed by atoms with E-state index in [1.165, 1.54) is 12.1 Å². The van der Waals surface area contributed by atoms with E-state index in [1.54, 1.807) is 12.1 Å². The van der Waals surface area contributed by atoms with E-state index in [0.29, 0.717) is 5.69 Å². The molecule has 2 rings (SSSR count). The van der Waals surface area contributed by atoms with Crippen molar-refractivity contribution in [1.82, 2.24) is 0 Å². The second kappa shape index (κ2) is 5.88. The van der Waals surface area contributed by atoms with Gasteiger partial charge in [0.15, 0.2) is 0 Å². The standard InChI is InChI=1S/C15H15N3O2/c1-10(12-3-2-4-13(16)9-12)17-18-14-7-5-11(6-8-14)15(19)20/h2-9,18H,16H2,1H3,(H,19,20)/b17-10-. The van der Waals surface area contributed by atoms with Crippen LogP contribution in [0.4, 0.5) is 11.4 Å². The van der Waals surface area contributed by atoms with Crippen LogP contribution in [0.2, 0.25) is 0 Å². The van der Waals surface area contributed by atoms with Crippen LogP contribution in [0.5, 0.6) is 0 Å². The molecule has 0 saturated carbocycles. The lowest BCUT2D eigenvalue weighted by Gasteiger charge is -2.05. The van der Waals surface area contributed by atoms with Crippen LogP contribution in [-0.2, 0) is 0 Å². The van der Waals surface area contributed by atoms with Gasteiger partial charge in [0.25, 0.3) is 0 Å². The summed E-state index contributed by atoms with van der Waals surface area (Å²) in [5.41, 5.74) is 12.0. The lowest BCUT2D eigenvalue weighted by Crippen LogP contribution is -2.01. The number of carboxylic acids is 1. The summed E-state index contributed by atoms with van der Waals surface area (Å²) in [6.07, 6.45) is 0. The summed E-state index contributed by atoms with van der Waals surface area (Å²) in [6, 6.07) is 13.8. The number of rotatable bonds is 4. The summed E-state index contributed by atoms with van der Waals surface area (Å²) in [4.78, 5) is 10.7. The van der Waals surface area contributed by atoms with Crippen LogP contribution in [-0.4, -0.2) is 16.8 Å². The van der Waals surface area contributed by atoms with Gasteiger partial charge in [-0.25, -0.2) is 4.79 Å². The minimum Gasteiger partial charge on any atom is -0.478 e. The molecule has 0 amide bonds. The molecule has 4 N–H and O–H groups in total. The fraction of sp³-hybridized carbons (Fsp3) is 0.0667. The average Bonchev–Trinajstić information content (AvgIpc) is 2.45. The van der Waals surface area contributed by atoms with Gasteiger partial charge in [-0.2, -0.15) is 5.10 Å². The first-order chi connectivity index (χ1) is 9.56. The summed E-state index contributed by atoms with van der Waals surface area (Å²) < 4.78 is 0. The van der Waals surface area contributed by atoms with Crippen molar-refractivity contribution in [1.29, 1.82) is 0 Å².